The molecule has 0 fully saturated rings. The van der Waals surface area contributed by atoms with Crippen molar-refractivity contribution in [3.8, 4) is 5.75 Å². The normalized spacial score (nSPS) is 14.7. The molecule has 0 unspecified atom stereocenters. The maximum atomic E-state index is 12.5. The highest BCUT2D eigenvalue weighted by molar-refractivity contribution is 8.32. The Morgan fingerprint density at radius 1 is 1.00 bits per heavy atom. The highest BCUT2D eigenvalue weighted by Crippen LogP contribution is 2.56. The standard InChI is InChI=1S/C13H19F3O4S2/c1-12(2,3)19-10-8-6-7-9-11(10)21(4,5)20-22(17,18)13(14,15)16/h6-9H,1-5H3. The second-order valence-electron chi connectivity index (χ2n) is 5.86. The van der Waals surface area contributed by atoms with E-state index in [-0.39, 0.29) is 4.90 Å². The van der Waals surface area contributed by atoms with Gasteiger partial charge in [0.1, 0.15) is 11.4 Å². The van der Waals surface area contributed by atoms with Crippen LogP contribution in [0, 0.1) is 0 Å². The Morgan fingerprint density at radius 2 is 1.50 bits per heavy atom. The van der Waals surface area contributed by atoms with Gasteiger partial charge in [-0.1, -0.05) is 22.4 Å². The van der Waals surface area contributed by atoms with Gasteiger partial charge < -0.3 is 4.74 Å². The van der Waals surface area contributed by atoms with Crippen molar-refractivity contribution in [1.82, 2.24) is 0 Å². The zero-order valence-corrected chi connectivity index (χ0v) is 14.5. The molecule has 1 aromatic rings. The van der Waals surface area contributed by atoms with Gasteiger partial charge in [-0.05, 0) is 45.4 Å². The Hall–Kier alpha value is -0.930. The summed E-state index contributed by atoms with van der Waals surface area (Å²) in [6.07, 6.45) is 2.64. The molecule has 1 rings (SSSR count). The number of hydrogen-bond donors (Lipinski definition) is 0. The van der Waals surface area contributed by atoms with Crippen molar-refractivity contribution in [2.75, 3.05) is 12.5 Å². The molecule has 0 saturated carbocycles. The van der Waals surface area contributed by atoms with Crippen molar-refractivity contribution in [3.05, 3.63) is 24.3 Å². The Balaban J connectivity index is 3.25. The van der Waals surface area contributed by atoms with Crippen molar-refractivity contribution in [3.63, 3.8) is 0 Å². The van der Waals surface area contributed by atoms with E-state index in [1.54, 1.807) is 39.0 Å². The smallest absolute Gasteiger partial charge is 0.487 e. The first-order chi connectivity index (χ1) is 9.66. The van der Waals surface area contributed by atoms with E-state index >= 15 is 0 Å². The largest absolute Gasteiger partial charge is 0.523 e. The minimum absolute atomic E-state index is 0.290. The topological polar surface area (TPSA) is 52.6 Å². The molecule has 0 aromatic heterocycles. The highest BCUT2D eigenvalue weighted by atomic mass is 32.3. The maximum absolute atomic E-state index is 12.5. The third-order valence-corrected chi connectivity index (χ3v) is 6.38. The lowest BCUT2D eigenvalue weighted by Crippen LogP contribution is -2.27. The summed E-state index contributed by atoms with van der Waals surface area (Å²) in [7, 11) is -8.42. The first-order valence-corrected chi connectivity index (χ1v) is 9.98. The van der Waals surface area contributed by atoms with Crippen LogP contribution in [0.25, 0.3) is 0 Å². The van der Waals surface area contributed by atoms with Gasteiger partial charge in [-0.15, -0.1) is 0 Å². The molecule has 0 saturated heterocycles. The summed E-state index contributed by atoms with van der Waals surface area (Å²) >= 11 is 0. The van der Waals surface area contributed by atoms with Crippen LogP contribution in [-0.4, -0.2) is 32.0 Å². The monoisotopic (exact) mass is 360 g/mol. The minimum Gasteiger partial charge on any atom is -0.487 e. The minimum atomic E-state index is -5.68. The molecule has 0 radical (unpaired) electrons. The van der Waals surface area contributed by atoms with Crippen LogP contribution in [0.15, 0.2) is 29.2 Å². The number of hydrogen-bond acceptors (Lipinski definition) is 4. The van der Waals surface area contributed by atoms with E-state index < -0.39 is 31.5 Å². The molecule has 0 amide bonds. The summed E-state index contributed by atoms with van der Waals surface area (Å²) in [6, 6.07) is 6.31. The van der Waals surface area contributed by atoms with Crippen LogP contribution in [0.4, 0.5) is 13.2 Å². The molecular weight excluding hydrogens is 341 g/mol. The number of para-hydroxylation sites is 1. The Bertz CT molecular complexity index is 631. The van der Waals surface area contributed by atoms with Crippen LogP contribution in [0.3, 0.4) is 0 Å². The molecule has 0 atom stereocenters. The fraction of sp³-hybridized carbons (Fsp3) is 0.538. The van der Waals surface area contributed by atoms with Crippen LogP contribution >= 0.6 is 10.3 Å². The number of benzene rings is 1. The quantitative estimate of drug-likeness (QED) is 0.760. The molecule has 0 heterocycles. The lowest BCUT2D eigenvalue weighted by atomic mass is 10.2. The van der Waals surface area contributed by atoms with E-state index in [0.717, 1.165) is 0 Å². The number of ether oxygens (including phenoxy) is 1. The predicted octanol–water partition coefficient (Wildman–Crippen LogP) is 4.07. The fourth-order valence-corrected chi connectivity index (χ4v) is 4.96. The molecule has 0 aliphatic heterocycles. The second kappa shape index (κ2) is 5.93. The summed E-state index contributed by atoms with van der Waals surface area (Å²) in [4.78, 5) is 0.290. The zero-order valence-electron chi connectivity index (χ0n) is 12.9. The first kappa shape index (κ1) is 19.1. The van der Waals surface area contributed by atoms with Crippen molar-refractivity contribution >= 4 is 20.4 Å². The van der Waals surface area contributed by atoms with Gasteiger partial charge in [-0.3, -0.25) is 0 Å². The molecular formula is C13H19F3O4S2. The van der Waals surface area contributed by atoms with Gasteiger partial charge in [-0.25, -0.2) is 3.63 Å². The molecule has 128 valence electrons. The second-order valence-corrected chi connectivity index (χ2v) is 10.7. The summed E-state index contributed by atoms with van der Waals surface area (Å²) < 4.78 is 70.3. The zero-order chi connectivity index (χ0) is 17.4. The van der Waals surface area contributed by atoms with Crippen molar-refractivity contribution in [2.45, 2.75) is 36.8 Å². The van der Waals surface area contributed by atoms with E-state index in [2.05, 4.69) is 3.63 Å². The number of alkyl halides is 3. The molecule has 0 aliphatic carbocycles. The average Bonchev–Trinajstić information content (AvgIpc) is 2.23. The van der Waals surface area contributed by atoms with E-state index in [1.807, 2.05) is 0 Å². The van der Waals surface area contributed by atoms with E-state index in [4.69, 9.17) is 4.74 Å². The molecule has 1 aromatic carbocycles. The number of halogens is 3. The number of rotatable bonds is 4. The molecule has 0 N–H and O–H groups in total. The Kier molecular flexibility index (Phi) is 5.16. The molecule has 9 heteroatoms. The van der Waals surface area contributed by atoms with Gasteiger partial charge in [0.25, 0.3) is 0 Å². The Morgan fingerprint density at radius 3 is 1.95 bits per heavy atom. The lowest BCUT2D eigenvalue weighted by molar-refractivity contribution is -0.0496. The van der Waals surface area contributed by atoms with Gasteiger partial charge in [0.2, 0.25) is 0 Å². The lowest BCUT2D eigenvalue weighted by Gasteiger charge is -2.33. The fourth-order valence-electron chi connectivity index (χ4n) is 1.57. The van der Waals surface area contributed by atoms with Crippen molar-refractivity contribution in [2.24, 2.45) is 0 Å². The van der Waals surface area contributed by atoms with Gasteiger partial charge in [-0.2, -0.15) is 21.6 Å². The first-order valence-electron chi connectivity index (χ1n) is 6.19. The summed E-state index contributed by atoms with van der Waals surface area (Å²) in [6.45, 7) is 5.33. The van der Waals surface area contributed by atoms with Crippen LogP contribution in [0.2, 0.25) is 0 Å². The van der Waals surface area contributed by atoms with Gasteiger partial charge in [0, 0.05) is 0 Å². The maximum Gasteiger partial charge on any atom is 0.523 e. The van der Waals surface area contributed by atoms with Gasteiger partial charge in [0.15, 0.2) is 0 Å². The molecule has 0 aliphatic rings. The SMILES string of the molecule is CC(C)(C)Oc1ccccc1S(C)(C)OS(=O)(=O)C(F)(F)F. The summed E-state index contributed by atoms with van der Waals surface area (Å²) in [5.41, 5.74) is -6.05. The molecule has 22 heavy (non-hydrogen) atoms. The summed E-state index contributed by atoms with van der Waals surface area (Å²) in [5.74, 6) is 0.298. The van der Waals surface area contributed by atoms with Crippen LogP contribution in [0.5, 0.6) is 5.75 Å². The van der Waals surface area contributed by atoms with Crippen molar-refractivity contribution < 1.29 is 30.0 Å². The molecule has 0 spiro atoms. The van der Waals surface area contributed by atoms with Crippen LogP contribution in [-0.2, 0) is 13.7 Å². The molecule has 4 nitrogen and oxygen atoms in total. The van der Waals surface area contributed by atoms with Gasteiger partial charge >= 0.3 is 15.6 Å². The molecule has 0 bridgehead atoms. The van der Waals surface area contributed by atoms with Crippen molar-refractivity contribution in [1.29, 1.82) is 0 Å². The highest BCUT2D eigenvalue weighted by Gasteiger charge is 2.50. The van der Waals surface area contributed by atoms with E-state index in [0.29, 0.717) is 5.75 Å². The third kappa shape index (κ3) is 4.79. The Labute approximate surface area is 130 Å². The predicted molar refractivity (Wildman–Crippen MR) is 80.6 cm³/mol. The average molecular weight is 360 g/mol. The summed E-state index contributed by atoms with van der Waals surface area (Å²) in [5, 5.41) is 0. The van der Waals surface area contributed by atoms with Crippen LogP contribution in [0.1, 0.15) is 20.8 Å². The van der Waals surface area contributed by atoms with E-state index in [9.17, 15) is 21.6 Å². The van der Waals surface area contributed by atoms with Gasteiger partial charge in [0.05, 0.1) is 4.90 Å². The van der Waals surface area contributed by atoms with Crippen LogP contribution < -0.4 is 4.74 Å². The third-order valence-electron chi connectivity index (χ3n) is 2.34. The van der Waals surface area contributed by atoms with E-state index in [1.165, 1.54) is 18.6 Å².